The summed E-state index contributed by atoms with van der Waals surface area (Å²) in [7, 11) is 3.15. The van der Waals surface area contributed by atoms with Crippen LogP contribution in [0.2, 0.25) is 0 Å². The lowest BCUT2D eigenvalue weighted by Gasteiger charge is -2.43. The molecular formula is C32H38NO8. The van der Waals surface area contributed by atoms with Crippen molar-refractivity contribution in [2.75, 3.05) is 20.8 Å². The lowest BCUT2D eigenvalue weighted by Crippen LogP contribution is -2.48. The minimum atomic E-state index is -0.918. The van der Waals surface area contributed by atoms with Crippen LogP contribution in [-0.2, 0) is 21.2 Å². The molecule has 6 rings (SSSR count). The topological polar surface area (TPSA) is 95.6 Å². The highest BCUT2D eigenvalue weighted by atomic mass is 16.6. The molecule has 4 aliphatic rings. The van der Waals surface area contributed by atoms with Crippen LogP contribution in [-0.4, -0.2) is 55.1 Å². The van der Waals surface area contributed by atoms with Crippen LogP contribution >= 0.6 is 0 Å². The Balaban J connectivity index is 1.45. The van der Waals surface area contributed by atoms with E-state index in [-0.39, 0.29) is 18.6 Å². The fourth-order valence-corrected chi connectivity index (χ4v) is 6.97. The smallest absolute Gasteiger partial charge is 0.311 e. The number of carbonyl (C=O) groups excluding carboxylic acids is 1. The molecular weight excluding hydrogens is 526 g/mol. The number of carbonyl (C=O) groups is 1. The summed E-state index contributed by atoms with van der Waals surface area (Å²) in [5.41, 5.74) is 1.82. The van der Waals surface area contributed by atoms with Gasteiger partial charge < -0.3 is 28.4 Å². The number of methoxy groups -OCH3 is 2. The Kier molecular flexibility index (Phi) is 6.46. The average Bonchev–Trinajstić information content (AvgIpc) is 3.45. The molecule has 0 amide bonds. The molecule has 0 spiro atoms. The minimum Gasteiger partial charge on any atom is -0.493 e. The van der Waals surface area contributed by atoms with Crippen LogP contribution in [0, 0.1) is 5.92 Å². The predicted molar refractivity (Wildman–Crippen MR) is 149 cm³/mol. The van der Waals surface area contributed by atoms with Gasteiger partial charge in [0.1, 0.15) is 42.2 Å². The van der Waals surface area contributed by atoms with Gasteiger partial charge in [0, 0.05) is 34.7 Å². The first-order chi connectivity index (χ1) is 19.4. The largest absolute Gasteiger partial charge is 0.493 e. The van der Waals surface area contributed by atoms with E-state index in [0.717, 1.165) is 33.1 Å². The van der Waals surface area contributed by atoms with Gasteiger partial charge in [-0.15, -0.1) is 10.3 Å². The van der Waals surface area contributed by atoms with Crippen LogP contribution in [0.15, 0.2) is 36.4 Å². The van der Waals surface area contributed by atoms with E-state index in [4.69, 9.17) is 28.4 Å². The van der Waals surface area contributed by atoms with Crippen molar-refractivity contribution in [3.8, 4) is 28.7 Å². The zero-order valence-corrected chi connectivity index (χ0v) is 24.7. The van der Waals surface area contributed by atoms with Crippen molar-refractivity contribution < 1.29 is 38.4 Å². The number of hydrogen-bond acceptors (Lipinski definition) is 8. The number of hydroxylamine groups is 2. The molecule has 2 aromatic rings. The van der Waals surface area contributed by atoms with E-state index in [1.54, 1.807) is 20.3 Å². The van der Waals surface area contributed by atoms with E-state index in [0.29, 0.717) is 35.8 Å². The molecule has 1 fully saturated rings. The monoisotopic (exact) mass is 564 g/mol. The van der Waals surface area contributed by atoms with Gasteiger partial charge in [-0.1, -0.05) is 6.58 Å². The normalized spacial score (nSPS) is 28.5. The van der Waals surface area contributed by atoms with Crippen LogP contribution in [0.1, 0.15) is 69.8 Å². The minimum absolute atomic E-state index is 0.150. The first kappa shape index (κ1) is 27.7. The van der Waals surface area contributed by atoms with Gasteiger partial charge in [-0.25, -0.2) is 0 Å². The Bertz CT molecular complexity index is 1410. The molecule has 2 aromatic carbocycles. The summed E-state index contributed by atoms with van der Waals surface area (Å²) in [5.74, 6) is 1.72. The maximum atomic E-state index is 14.0. The van der Waals surface area contributed by atoms with Gasteiger partial charge >= 0.3 is 5.97 Å². The van der Waals surface area contributed by atoms with Gasteiger partial charge in [-0.3, -0.25) is 4.79 Å². The lowest BCUT2D eigenvalue weighted by atomic mass is 9.79. The maximum Gasteiger partial charge on any atom is 0.311 e. The lowest BCUT2D eigenvalue weighted by molar-refractivity contribution is -0.249. The number of fused-ring (bicyclic) bond motifs is 6. The van der Waals surface area contributed by atoms with Gasteiger partial charge in [0.2, 0.25) is 0 Å². The van der Waals surface area contributed by atoms with Gasteiger partial charge in [-0.05, 0) is 64.8 Å². The molecule has 9 nitrogen and oxygen atoms in total. The molecule has 41 heavy (non-hydrogen) atoms. The molecule has 0 saturated carbocycles. The molecule has 1 unspecified atom stereocenters. The molecule has 4 aliphatic heterocycles. The Hall–Kier alpha value is -3.43. The van der Waals surface area contributed by atoms with Gasteiger partial charge in [0.15, 0.2) is 11.5 Å². The van der Waals surface area contributed by atoms with E-state index in [1.807, 2.05) is 52.8 Å². The molecule has 0 N–H and O–H groups in total. The third-order valence-corrected chi connectivity index (χ3v) is 9.19. The molecule has 1 saturated heterocycles. The van der Waals surface area contributed by atoms with Crippen LogP contribution in [0.3, 0.4) is 0 Å². The summed E-state index contributed by atoms with van der Waals surface area (Å²) in [4.78, 5) is 14.0. The van der Waals surface area contributed by atoms with Crippen molar-refractivity contribution in [1.29, 1.82) is 0 Å². The van der Waals surface area contributed by atoms with E-state index in [1.165, 1.54) is 0 Å². The molecule has 219 valence electrons. The summed E-state index contributed by atoms with van der Waals surface area (Å²) in [6, 6.07) is 7.50. The number of esters is 1. The van der Waals surface area contributed by atoms with Crippen molar-refractivity contribution in [2.45, 2.75) is 82.8 Å². The summed E-state index contributed by atoms with van der Waals surface area (Å²) in [6.45, 7) is 13.6. The Morgan fingerprint density at radius 1 is 1.02 bits per heavy atom. The van der Waals surface area contributed by atoms with Crippen molar-refractivity contribution >= 4 is 5.97 Å². The van der Waals surface area contributed by atoms with Crippen molar-refractivity contribution in [1.82, 2.24) is 5.06 Å². The van der Waals surface area contributed by atoms with Crippen LogP contribution in [0.5, 0.6) is 28.7 Å². The van der Waals surface area contributed by atoms with Crippen molar-refractivity contribution in [3.05, 3.63) is 53.1 Å². The summed E-state index contributed by atoms with van der Waals surface area (Å²) < 4.78 is 36.6. The fourth-order valence-electron chi connectivity index (χ4n) is 6.97. The number of nitrogens with zero attached hydrogens (tertiary/aromatic N) is 1. The number of ether oxygens (including phenoxy) is 6. The maximum absolute atomic E-state index is 14.0. The zero-order valence-electron chi connectivity index (χ0n) is 24.7. The molecule has 5 atom stereocenters. The summed E-state index contributed by atoms with van der Waals surface area (Å²) >= 11 is 0. The van der Waals surface area contributed by atoms with Crippen molar-refractivity contribution in [3.63, 3.8) is 0 Å². The molecule has 0 aromatic heterocycles. The number of benzene rings is 2. The third kappa shape index (κ3) is 4.24. The van der Waals surface area contributed by atoms with Crippen molar-refractivity contribution in [2.24, 2.45) is 5.92 Å². The molecule has 4 heterocycles. The Morgan fingerprint density at radius 2 is 1.73 bits per heavy atom. The first-order valence-corrected chi connectivity index (χ1v) is 14.1. The Morgan fingerprint density at radius 3 is 2.37 bits per heavy atom. The SMILES string of the molecule is C=C(C)[C@H]1Cc2c(ccc3c2O[C@@H]2COc4cc(OC)c(OC)cc4[C@@H]2[C@@H]3OC(=O)C2CC(C)(C)N([O])C2(C)C)O1. The molecule has 0 aliphatic carbocycles. The number of rotatable bonds is 5. The second-order valence-electron chi connectivity index (χ2n) is 12.7. The summed E-state index contributed by atoms with van der Waals surface area (Å²) in [6.07, 6.45) is -0.265. The highest BCUT2D eigenvalue weighted by Crippen LogP contribution is 2.56. The molecule has 0 bridgehead atoms. The fraction of sp³-hybridized carbons (Fsp3) is 0.531. The molecule has 1 radical (unpaired) electrons. The van der Waals surface area contributed by atoms with E-state index >= 15 is 0 Å². The van der Waals surface area contributed by atoms with E-state index in [9.17, 15) is 10.0 Å². The summed E-state index contributed by atoms with van der Waals surface area (Å²) in [5, 5.41) is 14.2. The van der Waals surface area contributed by atoms with Crippen LogP contribution < -0.4 is 23.7 Å². The second-order valence-corrected chi connectivity index (χ2v) is 12.7. The predicted octanol–water partition coefficient (Wildman–Crippen LogP) is 5.33. The Labute approximate surface area is 240 Å². The van der Waals surface area contributed by atoms with Gasteiger partial charge in [0.05, 0.1) is 31.6 Å². The van der Waals surface area contributed by atoms with Crippen LogP contribution in [0.4, 0.5) is 0 Å². The van der Waals surface area contributed by atoms with Crippen LogP contribution in [0.25, 0.3) is 0 Å². The van der Waals surface area contributed by atoms with E-state index < -0.39 is 35.2 Å². The average molecular weight is 565 g/mol. The second kappa shape index (κ2) is 9.56. The number of hydrogen-bond donors (Lipinski definition) is 0. The third-order valence-electron chi connectivity index (χ3n) is 9.19. The van der Waals surface area contributed by atoms with Gasteiger partial charge in [0.25, 0.3) is 0 Å². The first-order valence-electron chi connectivity index (χ1n) is 14.1. The van der Waals surface area contributed by atoms with Gasteiger partial charge in [-0.2, -0.15) is 0 Å². The zero-order chi connectivity index (χ0) is 29.4. The standard InChI is InChI=1S/C32H38NO8/c1-16(2)22-12-19-21(39-22)10-9-17-28(19)40-26-15-38-23-13-25(37-8)24(36-7)11-18(23)27(26)29(17)41-30(34)20-14-31(3,4)33(35)32(20,5)6/h9-11,13,20,22,26-27,29H,1,12,14-15H2,2-8H3/t20?,22-,26-,27+,29-/m1/s1. The molecule has 9 heteroatoms. The van der Waals surface area contributed by atoms with E-state index in [2.05, 4.69) is 6.58 Å². The highest BCUT2D eigenvalue weighted by Gasteiger charge is 2.57. The highest BCUT2D eigenvalue weighted by molar-refractivity contribution is 5.76. The quantitative estimate of drug-likeness (QED) is 0.355.